The average molecular weight is 465 g/mol. The maximum absolute atomic E-state index is 4.73. The van der Waals surface area contributed by atoms with Crippen LogP contribution in [0.2, 0.25) is 0 Å². The number of aromatic nitrogens is 2. The third-order valence-electron chi connectivity index (χ3n) is 6.08. The van der Waals surface area contributed by atoms with Crippen molar-refractivity contribution in [3.63, 3.8) is 0 Å². The molecule has 0 saturated carbocycles. The summed E-state index contributed by atoms with van der Waals surface area (Å²) in [6, 6.07) is 25.5. The Bertz CT molecular complexity index is 1490. The molecule has 0 radical (unpaired) electrons. The van der Waals surface area contributed by atoms with E-state index in [-0.39, 0.29) is 0 Å². The number of benzene rings is 3. The van der Waals surface area contributed by atoms with E-state index in [0.29, 0.717) is 0 Å². The summed E-state index contributed by atoms with van der Waals surface area (Å²) < 4.78 is 0. The second-order valence-electron chi connectivity index (χ2n) is 9.00. The van der Waals surface area contributed by atoms with Crippen molar-refractivity contribution >= 4 is 46.1 Å². The fourth-order valence-electron chi connectivity index (χ4n) is 4.03. The minimum Gasteiger partial charge on any atom is -0.253 e. The van der Waals surface area contributed by atoms with E-state index in [2.05, 4.69) is 123 Å². The van der Waals surface area contributed by atoms with Gasteiger partial charge in [-0.3, -0.25) is 9.97 Å². The molecule has 0 spiro atoms. The molecule has 0 saturated heterocycles. The number of allylic oxidation sites excluding steroid dienone is 4. The highest BCUT2D eigenvalue weighted by molar-refractivity contribution is 6.03. The first-order valence-electron chi connectivity index (χ1n) is 12.2. The van der Waals surface area contributed by atoms with Gasteiger partial charge in [0.05, 0.1) is 11.0 Å². The van der Waals surface area contributed by atoms with Crippen LogP contribution in [-0.4, -0.2) is 9.97 Å². The molecular formula is C34H28N2. The molecule has 0 fully saturated rings. The predicted octanol–water partition coefficient (Wildman–Crippen LogP) is 8.85. The molecule has 36 heavy (non-hydrogen) atoms. The maximum atomic E-state index is 4.73. The van der Waals surface area contributed by atoms with E-state index in [4.69, 9.17) is 9.97 Å². The Morgan fingerprint density at radius 3 is 1.19 bits per heavy atom. The minimum atomic E-state index is 0.926. The van der Waals surface area contributed by atoms with Crippen molar-refractivity contribution in [3.8, 4) is 0 Å². The van der Waals surface area contributed by atoms with E-state index >= 15 is 0 Å². The van der Waals surface area contributed by atoms with Crippen LogP contribution < -0.4 is 0 Å². The molecule has 174 valence electrons. The van der Waals surface area contributed by atoms with Gasteiger partial charge in [0.15, 0.2) is 0 Å². The zero-order chi connectivity index (χ0) is 24.7. The van der Waals surface area contributed by atoms with Crippen LogP contribution in [0.1, 0.15) is 33.4 Å². The van der Waals surface area contributed by atoms with Gasteiger partial charge in [-0.2, -0.15) is 0 Å². The van der Waals surface area contributed by atoms with Crippen LogP contribution >= 0.6 is 0 Å². The average Bonchev–Trinajstić information content (AvgIpc) is 2.91. The van der Waals surface area contributed by atoms with Crippen molar-refractivity contribution < 1.29 is 0 Å². The molecule has 5 aromatic rings. The number of hydrogen-bond donors (Lipinski definition) is 0. The third-order valence-corrected chi connectivity index (χ3v) is 6.08. The van der Waals surface area contributed by atoms with Crippen LogP contribution in [0.3, 0.4) is 0 Å². The van der Waals surface area contributed by atoms with Gasteiger partial charge in [-0.05, 0) is 48.2 Å². The summed E-state index contributed by atoms with van der Waals surface area (Å²) in [7, 11) is 0. The Morgan fingerprint density at radius 2 is 0.806 bits per heavy atom. The lowest BCUT2D eigenvalue weighted by Crippen LogP contribution is -1.87. The number of aryl methyl sites for hydroxylation is 2. The lowest BCUT2D eigenvalue weighted by molar-refractivity contribution is 1.36. The van der Waals surface area contributed by atoms with E-state index in [9.17, 15) is 0 Å². The van der Waals surface area contributed by atoms with Gasteiger partial charge in [0.25, 0.3) is 0 Å². The summed E-state index contributed by atoms with van der Waals surface area (Å²) in [6.45, 7) is 4.20. The van der Waals surface area contributed by atoms with Gasteiger partial charge in [-0.25, -0.2) is 0 Å². The lowest BCUT2D eigenvalue weighted by atomic mass is 10.1. The van der Waals surface area contributed by atoms with Crippen LogP contribution in [0.5, 0.6) is 0 Å². The lowest BCUT2D eigenvalue weighted by Gasteiger charge is -2.04. The molecule has 0 aliphatic rings. The van der Waals surface area contributed by atoms with Gasteiger partial charge in [0, 0.05) is 23.2 Å². The monoisotopic (exact) mass is 464 g/mol. The molecule has 2 heteroatoms. The van der Waals surface area contributed by atoms with E-state index in [1.807, 2.05) is 24.5 Å². The number of hydrogen-bond acceptors (Lipinski definition) is 2. The fourth-order valence-corrected chi connectivity index (χ4v) is 4.03. The predicted molar refractivity (Wildman–Crippen MR) is 156 cm³/mol. The molecule has 0 N–H and O–H groups in total. The summed E-state index contributed by atoms with van der Waals surface area (Å²) in [5.74, 6) is 0. The Morgan fingerprint density at radius 1 is 0.444 bits per heavy atom. The summed E-state index contributed by atoms with van der Waals surface area (Å²) in [5.41, 5.74) is 8.90. The van der Waals surface area contributed by atoms with E-state index in [0.717, 1.165) is 32.9 Å². The van der Waals surface area contributed by atoms with Crippen molar-refractivity contribution in [2.24, 2.45) is 0 Å². The minimum absolute atomic E-state index is 0.926. The van der Waals surface area contributed by atoms with Crippen LogP contribution in [0.25, 0.3) is 46.1 Å². The second-order valence-corrected chi connectivity index (χ2v) is 9.00. The zero-order valence-electron chi connectivity index (χ0n) is 20.6. The number of rotatable bonds is 6. The highest BCUT2D eigenvalue weighted by Gasteiger charge is 2.04. The smallest absolute Gasteiger partial charge is 0.0964 e. The van der Waals surface area contributed by atoms with Crippen LogP contribution in [0, 0.1) is 13.8 Å². The number of fused-ring (bicyclic) bond motifs is 3. The normalized spacial score (nSPS) is 12.3. The summed E-state index contributed by atoms with van der Waals surface area (Å²) in [4.78, 5) is 9.47. The Balaban J connectivity index is 1.30. The molecule has 2 heterocycles. The Hall–Kier alpha value is -4.56. The molecule has 0 amide bonds. The topological polar surface area (TPSA) is 25.8 Å². The highest BCUT2D eigenvalue weighted by atomic mass is 14.7. The maximum Gasteiger partial charge on any atom is 0.0964 e. The van der Waals surface area contributed by atoms with Crippen molar-refractivity contribution in [2.45, 2.75) is 13.8 Å². The molecule has 0 aliphatic carbocycles. The Labute approximate surface area is 212 Å². The standard InChI is InChI=1S/C34H28N2/c1-25-11-15-27(16-12-25)7-3-5-9-29-21-31-19-20-32-22-30(24-36-34(32)33(31)35-23-29)10-6-4-8-28-17-13-26(2)14-18-28/h3-24H,1-2H3/b7-3+,8-4+,9-5+,10-6+. The first-order chi connectivity index (χ1) is 17.6. The van der Waals surface area contributed by atoms with Crippen molar-refractivity contribution in [1.82, 2.24) is 9.97 Å². The van der Waals surface area contributed by atoms with Crippen molar-refractivity contribution in [3.05, 3.63) is 143 Å². The van der Waals surface area contributed by atoms with Gasteiger partial charge < -0.3 is 0 Å². The molecule has 0 aliphatic heterocycles. The summed E-state index contributed by atoms with van der Waals surface area (Å²) in [5, 5.41) is 2.17. The Kier molecular flexibility index (Phi) is 6.95. The van der Waals surface area contributed by atoms with Crippen LogP contribution in [0.4, 0.5) is 0 Å². The number of nitrogens with zero attached hydrogens (tertiary/aromatic N) is 2. The van der Waals surface area contributed by atoms with Gasteiger partial charge in [-0.15, -0.1) is 0 Å². The molecule has 0 atom stereocenters. The molecule has 2 nitrogen and oxygen atoms in total. The van der Waals surface area contributed by atoms with Crippen molar-refractivity contribution in [1.29, 1.82) is 0 Å². The van der Waals surface area contributed by atoms with Gasteiger partial charge in [-0.1, -0.05) is 120 Å². The molecule has 5 rings (SSSR count). The van der Waals surface area contributed by atoms with E-state index in [1.54, 1.807) is 0 Å². The second kappa shape index (κ2) is 10.8. The molecule has 0 bridgehead atoms. The quantitative estimate of drug-likeness (QED) is 0.185. The molecular weight excluding hydrogens is 436 g/mol. The van der Waals surface area contributed by atoms with Gasteiger partial charge >= 0.3 is 0 Å². The fraction of sp³-hybridized carbons (Fsp3) is 0.0588. The first-order valence-corrected chi connectivity index (χ1v) is 12.2. The third kappa shape index (κ3) is 5.73. The van der Waals surface area contributed by atoms with Crippen LogP contribution in [-0.2, 0) is 0 Å². The number of pyridine rings is 2. The SMILES string of the molecule is Cc1ccc(/C=C/C=C/c2cnc3c(ccc4cc(/C=C/C=C/c5ccc(C)cc5)cnc43)c2)cc1. The highest BCUT2D eigenvalue weighted by Crippen LogP contribution is 2.24. The van der Waals surface area contributed by atoms with Gasteiger partial charge in [0.2, 0.25) is 0 Å². The van der Waals surface area contributed by atoms with Crippen LogP contribution in [0.15, 0.2) is 109 Å². The summed E-state index contributed by atoms with van der Waals surface area (Å²) >= 11 is 0. The molecule has 2 aromatic heterocycles. The largest absolute Gasteiger partial charge is 0.253 e. The van der Waals surface area contributed by atoms with Crippen molar-refractivity contribution in [2.75, 3.05) is 0 Å². The molecule has 0 unspecified atom stereocenters. The summed E-state index contributed by atoms with van der Waals surface area (Å²) in [6.07, 6.45) is 20.4. The van der Waals surface area contributed by atoms with Gasteiger partial charge in [0.1, 0.15) is 0 Å². The molecule has 3 aromatic carbocycles. The first kappa shape index (κ1) is 23.2. The van der Waals surface area contributed by atoms with E-state index < -0.39 is 0 Å². The van der Waals surface area contributed by atoms with E-state index in [1.165, 1.54) is 22.3 Å². The zero-order valence-corrected chi connectivity index (χ0v) is 20.6.